The van der Waals surface area contributed by atoms with E-state index in [0.717, 1.165) is 28.2 Å². The van der Waals surface area contributed by atoms with Gasteiger partial charge in [-0.25, -0.2) is 0 Å². The Balaban J connectivity index is 2.07. The SMILES string of the molecule is C=C1/C(=C/CP(=O)(c2ccccc2)c2ccccc2)C[C@@H](O[Si](C)(C)C(C)(C)C)[C@@H](OCCCO[Si](C)(C)C(C)(C)C)[C@@H]1O[Si](C)(C)C(C)(C)C. The molecule has 0 aliphatic heterocycles. The van der Waals surface area contributed by atoms with Gasteiger partial charge in [-0.15, -0.1) is 0 Å². The van der Waals surface area contributed by atoms with E-state index >= 15 is 4.57 Å². The van der Waals surface area contributed by atoms with Crippen LogP contribution in [-0.4, -0.2) is 62.6 Å². The highest BCUT2D eigenvalue weighted by molar-refractivity contribution is 7.78. The fourth-order valence-electron chi connectivity index (χ4n) is 5.50. The lowest BCUT2D eigenvalue weighted by atomic mass is 9.84. The molecule has 51 heavy (non-hydrogen) atoms. The lowest BCUT2D eigenvalue weighted by molar-refractivity contribution is -0.0879. The van der Waals surface area contributed by atoms with E-state index in [9.17, 15) is 0 Å². The monoisotopic (exact) mass is 770 g/mol. The van der Waals surface area contributed by atoms with Crippen molar-refractivity contribution in [2.75, 3.05) is 19.4 Å². The summed E-state index contributed by atoms with van der Waals surface area (Å²) in [6.07, 6.45) is 3.08. The van der Waals surface area contributed by atoms with Gasteiger partial charge in [0.15, 0.2) is 25.0 Å². The molecule has 0 radical (unpaired) electrons. The van der Waals surface area contributed by atoms with Gasteiger partial charge < -0.3 is 22.6 Å². The van der Waals surface area contributed by atoms with Crippen molar-refractivity contribution in [3.63, 3.8) is 0 Å². The van der Waals surface area contributed by atoms with E-state index in [1.54, 1.807) is 0 Å². The zero-order chi connectivity index (χ0) is 38.7. The molecule has 0 N–H and O–H groups in total. The first-order chi connectivity index (χ1) is 23.2. The van der Waals surface area contributed by atoms with Gasteiger partial charge in [-0.3, -0.25) is 0 Å². The van der Waals surface area contributed by atoms with Gasteiger partial charge in [0, 0.05) is 36.4 Å². The molecule has 0 saturated heterocycles. The third-order valence-electron chi connectivity index (χ3n) is 12.1. The molecule has 2 aromatic rings. The van der Waals surface area contributed by atoms with Crippen LogP contribution in [0.15, 0.2) is 84.5 Å². The van der Waals surface area contributed by atoms with Crippen molar-refractivity contribution < 1.29 is 22.6 Å². The highest BCUT2D eigenvalue weighted by Gasteiger charge is 2.49. The molecule has 1 saturated carbocycles. The molecular formula is C42H71O5PSi3. The summed E-state index contributed by atoms with van der Waals surface area (Å²) in [5.41, 5.74) is 1.99. The number of allylic oxidation sites excluding steroid dienone is 1. The van der Waals surface area contributed by atoms with Gasteiger partial charge in [-0.2, -0.15) is 0 Å². The molecule has 0 heterocycles. The standard InChI is InChI=1S/C42H71O5PSi3/c1-33-34(28-31-48(43,35-24-19-17-20-25-35)36-26-21-18-22-27-36)32-37(46-50(13,14)41(5,6)7)39(38(33)47-51(15,16)42(8,9)10)44-29-23-30-45-49(11,12)40(2,3)4/h17-22,24-28,37-39H,1,23,29-32H2,2-16H3/b34-28+/t37-,38-,39-/m1/s1. The smallest absolute Gasteiger partial charge is 0.193 e. The number of ether oxygens (including phenoxy) is 1. The average molecular weight is 771 g/mol. The van der Waals surface area contributed by atoms with Gasteiger partial charge in [0.1, 0.15) is 13.2 Å². The summed E-state index contributed by atoms with van der Waals surface area (Å²) in [5.74, 6) is 0. The van der Waals surface area contributed by atoms with Gasteiger partial charge >= 0.3 is 0 Å². The molecule has 5 nitrogen and oxygen atoms in total. The summed E-state index contributed by atoms with van der Waals surface area (Å²) in [4.78, 5) is 0. The lowest BCUT2D eigenvalue weighted by Gasteiger charge is -2.49. The van der Waals surface area contributed by atoms with Crippen molar-refractivity contribution in [2.45, 2.75) is 148 Å². The Morgan fingerprint density at radius 1 is 0.706 bits per heavy atom. The van der Waals surface area contributed by atoms with Gasteiger partial charge in [-0.1, -0.05) is 136 Å². The van der Waals surface area contributed by atoms with Crippen LogP contribution in [0.4, 0.5) is 0 Å². The van der Waals surface area contributed by atoms with Crippen LogP contribution in [0.2, 0.25) is 54.4 Å². The van der Waals surface area contributed by atoms with Crippen LogP contribution >= 0.6 is 7.14 Å². The summed E-state index contributed by atoms with van der Waals surface area (Å²) in [6.45, 7) is 40.3. The molecular weight excluding hydrogens is 700 g/mol. The second-order valence-corrected chi connectivity index (χ2v) is 36.3. The quantitative estimate of drug-likeness (QED) is 0.109. The van der Waals surface area contributed by atoms with Crippen LogP contribution < -0.4 is 10.6 Å². The topological polar surface area (TPSA) is 54.0 Å². The third kappa shape index (κ3) is 10.9. The summed E-state index contributed by atoms with van der Waals surface area (Å²) in [5, 5.41) is 1.88. The molecule has 3 atom stereocenters. The molecule has 0 aromatic heterocycles. The van der Waals surface area contributed by atoms with Crippen LogP contribution in [0.1, 0.15) is 75.2 Å². The highest BCUT2D eigenvalue weighted by atomic mass is 31.2. The molecule has 286 valence electrons. The van der Waals surface area contributed by atoms with E-state index in [0.29, 0.717) is 25.8 Å². The predicted molar refractivity (Wildman–Crippen MR) is 228 cm³/mol. The fourth-order valence-corrected chi connectivity index (χ4v) is 11.7. The summed E-state index contributed by atoms with van der Waals surface area (Å²) in [7, 11) is -9.35. The van der Waals surface area contributed by atoms with Gasteiger partial charge in [0.2, 0.25) is 0 Å². The number of benzene rings is 2. The first kappa shape index (κ1) is 44.0. The molecule has 0 unspecified atom stereocenters. The van der Waals surface area contributed by atoms with Crippen molar-refractivity contribution in [2.24, 2.45) is 0 Å². The van der Waals surface area contributed by atoms with E-state index < -0.39 is 32.1 Å². The lowest BCUT2D eigenvalue weighted by Crippen LogP contribution is -2.57. The maximum Gasteiger partial charge on any atom is 0.193 e. The zero-order valence-corrected chi connectivity index (χ0v) is 38.7. The van der Waals surface area contributed by atoms with Crippen molar-refractivity contribution in [1.82, 2.24) is 0 Å². The van der Waals surface area contributed by atoms with Gasteiger partial charge in [0.25, 0.3) is 0 Å². The van der Waals surface area contributed by atoms with Crippen molar-refractivity contribution in [3.05, 3.63) is 84.5 Å². The summed E-state index contributed by atoms with van der Waals surface area (Å²) >= 11 is 0. The zero-order valence-electron chi connectivity index (χ0n) is 34.8. The maximum atomic E-state index is 15.1. The highest BCUT2D eigenvalue weighted by Crippen LogP contribution is 2.48. The Morgan fingerprint density at radius 3 is 1.61 bits per heavy atom. The van der Waals surface area contributed by atoms with E-state index in [1.165, 1.54) is 0 Å². The minimum atomic E-state index is -2.98. The summed E-state index contributed by atoms with van der Waals surface area (Å²) < 4.78 is 43.1. The molecule has 0 bridgehead atoms. The van der Waals surface area contributed by atoms with Crippen LogP contribution in [0.5, 0.6) is 0 Å². The summed E-state index contributed by atoms with van der Waals surface area (Å²) in [6, 6.07) is 19.8. The second kappa shape index (κ2) is 16.6. The molecule has 1 aliphatic carbocycles. The molecule has 9 heteroatoms. The van der Waals surface area contributed by atoms with Gasteiger partial charge in [-0.05, 0) is 72.0 Å². The molecule has 3 rings (SSSR count). The van der Waals surface area contributed by atoms with Crippen LogP contribution in [0, 0.1) is 0 Å². The second-order valence-electron chi connectivity index (χ2n) is 19.1. The Kier molecular flexibility index (Phi) is 14.3. The molecule has 0 spiro atoms. The third-order valence-corrected chi connectivity index (χ3v) is 28.6. The van der Waals surface area contributed by atoms with E-state index in [2.05, 4.69) is 108 Å². The van der Waals surface area contributed by atoms with E-state index in [1.807, 2.05) is 60.7 Å². The molecule has 1 aliphatic rings. The Hall–Kier alpha value is -1.36. The Morgan fingerprint density at radius 2 is 1.16 bits per heavy atom. The molecule has 1 fully saturated rings. The fraction of sp³-hybridized carbons (Fsp3) is 0.619. The number of hydrogen-bond donors (Lipinski definition) is 0. The Bertz CT molecular complexity index is 1470. The van der Waals surface area contributed by atoms with E-state index in [-0.39, 0.29) is 33.4 Å². The van der Waals surface area contributed by atoms with Crippen molar-refractivity contribution in [3.8, 4) is 0 Å². The van der Waals surface area contributed by atoms with Crippen molar-refractivity contribution in [1.29, 1.82) is 0 Å². The normalized spacial score (nSPS) is 21.0. The van der Waals surface area contributed by atoms with Crippen LogP contribution in [0.3, 0.4) is 0 Å². The molecule has 0 amide bonds. The number of hydrogen-bond acceptors (Lipinski definition) is 5. The minimum absolute atomic E-state index is 0.0116. The largest absolute Gasteiger partial charge is 0.417 e. The average Bonchev–Trinajstić information content (AvgIpc) is 3.01. The van der Waals surface area contributed by atoms with Gasteiger partial charge in [0.05, 0.1) is 12.2 Å². The molecule has 2 aromatic carbocycles. The van der Waals surface area contributed by atoms with Crippen LogP contribution in [0.25, 0.3) is 0 Å². The van der Waals surface area contributed by atoms with E-state index in [4.69, 9.17) is 24.6 Å². The van der Waals surface area contributed by atoms with Crippen molar-refractivity contribution >= 4 is 42.7 Å². The van der Waals surface area contributed by atoms with Crippen LogP contribution in [-0.2, 0) is 22.6 Å². The first-order valence-electron chi connectivity index (χ1n) is 18.9. The Labute approximate surface area is 315 Å². The first-order valence-corrected chi connectivity index (χ1v) is 29.5. The maximum absolute atomic E-state index is 15.1. The minimum Gasteiger partial charge on any atom is -0.417 e. The number of rotatable bonds is 14. The predicted octanol–water partition coefficient (Wildman–Crippen LogP) is 11.5.